The molecule has 3 fully saturated rings. The molecular formula is C28H40O19. The number of phenolic OH excluding ortho intramolecular Hbond substituents is 1. The van der Waals surface area contributed by atoms with E-state index in [2.05, 4.69) is 0 Å². The van der Waals surface area contributed by atoms with Gasteiger partial charge in [-0.25, -0.2) is 4.79 Å². The first-order chi connectivity index (χ1) is 22.3. The third-order valence-corrected chi connectivity index (χ3v) is 8.01. The van der Waals surface area contributed by atoms with Gasteiger partial charge in [0.05, 0.1) is 26.9 Å². The first-order valence-electron chi connectivity index (χ1n) is 14.4. The zero-order chi connectivity index (χ0) is 34.6. The van der Waals surface area contributed by atoms with Gasteiger partial charge < -0.3 is 89.3 Å². The second-order valence-corrected chi connectivity index (χ2v) is 11.0. The van der Waals surface area contributed by atoms with Crippen LogP contribution in [-0.2, 0) is 33.2 Å². The maximum Gasteiger partial charge on any atom is 0.331 e. The van der Waals surface area contributed by atoms with E-state index in [1.54, 1.807) is 0 Å². The number of rotatable bonds is 12. The summed E-state index contributed by atoms with van der Waals surface area (Å²) in [5.74, 6) is -3.66. The Kier molecular flexibility index (Phi) is 12.5. The van der Waals surface area contributed by atoms with Gasteiger partial charge in [-0.05, 0) is 23.8 Å². The van der Waals surface area contributed by atoms with Gasteiger partial charge in [0, 0.05) is 6.08 Å². The molecule has 19 nitrogen and oxygen atoms in total. The van der Waals surface area contributed by atoms with Crippen LogP contribution in [0, 0.1) is 0 Å². The summed E-state index contributed by atoms with van der Waals surface area (Å²) >= 11 is 0. The number of benzene rings is 1. The standard InChI is InChI=1S/C28H40O19/c1-41-13-6-11(2-4-12(13)33)3-5-17(34)44-25-20(37)16(9-31)46-28(25,10-32)47-27-23(40)24(19(36)15(8-30)43-27)45-26-22(39)21(38)18(35)14(7-29)42-26/h2-6,14-16,18-27,29-33,35-40H,7-10H2,1H3/b5-3+/t14-,15-,16-,18-,19-,20-,21+,22-,23-,24+,25+,26+,27-,28+/m1/s1. The molecule has 266 valence electrons. The largest absolute Gasteiger partial charge is 0.504 e. The van der Waals surface area contributed by atoms with Crippen molar-refractivity contribution in [2.45, 2.75) is 85.5 Å². The molecule has 1 aromatic rings. The van der Waals surface area contributed by atoms with Crippen molar-refractivity contribution in [3.63, 3.8) is 0 Å². The summed E-state index contributed by atoms with van der Waals surface area (Å²) in [6.07, 6.45) is -21.1. The van der Waals surface area contributed by atoms with E-state index in [0.717, 1.165) is 6.08 Å². The molecule has 4 rings (SSSR count). The molecule has 0 aliphatic carbocycles. The molecule has 11 N–H and O–H groups in total. The van der Waals surface area contributed by atoms with Gasteiger partial charge in [-0.3, -0.25) is 0 Å². The Morgan fingerprint density at radius 3 is 2.09 bits per heavy atom. The molecule has 3 saturated heterocycles. The predicted molar refractivity (Wildman–Crippen MR) is 149 cm³/mol. The van der Waals surface area contributed by atoms with Crippen molar-refractivity contribution in [1.82, 2.24) is 0 Å². The van der Waals surface area contributed by atoms with Crippen molar-refractivity contribution in [3.8, 4) is 11.5 Å². The molecule has 19 heteroatoms. The van der Waals surface area contributed by atoms with E-state index in [9.17, 15) is 61.0 Å². The van der Waals surface area contributed by atoms with Crippen LogP contribution in [0.25, 0.3) is 6.08 Å². The summed E-state index contributed by atoms with van der Waals surface area (Å²) in [5, 5.41) is 113. The van der Waals surface area contributed by atoms with Gasteiger partial charge in [0.2, 0.25) is 5.79 Å². The van der Waals surface area contributed by atoms with Crippen LogP contribution < -0.4 is 4.74 Å². The number of esters is 1. The van der Waals surface area contributed by atoms with Crippen LogP contribution in [0.2, 0.25) is 0 Å². The number of methoxy groups -OCH3 is 1. The van der Waals surface area contributed by atoms with E-state index < -0.39 is 118 Å². The molecular weight excluding hydrogens is 640 g/mol. The van der Waals surface area contributed by atoms with Crippen LogP contribution in [0.5, 0.6) is 11.5 Å². The minimum Gasteiger partial charge on any atom is -0.504 e. The Labute approximate surface area is 266 Å². The van der Waals surface area contributed by atoms with Crippen LogP contribution >= 0.6 is 0 Å². The molecule has 14 atom stereocenters. The van der Waals surface area contributed by atoms with Gasteiger partial charge in [0.1, 0.15) is 67.6 Å². The fourth-order valence-corrected chi connectivity index (χ4v) is 5.38. The molecule has 3 aliphatic heterocycles. The number of aromatic hydroxyl groups is 1. The lowest BCUT2D eigenvalue weighted by Crippen LogP contribution is -2.66. The number of aliphatic hydroxyl groups is 10. The van der Waals surface area contributed by atoms with Crippen molar-refractivity contribution in [2.24, 2.45) is 0 Å². The second kappa shape index (κ2) is 15.8. The van der Waals surface area contributed by atoms with Crippen LogP contribution in [0.3, 0.4) is 0 Å². The van der Waals surface area contributed by atoms with Gasteiger partial charge >= 0.3 is 5.97 Å². The van der Waals surface area contributed by atoms with Crippen molar-refractivity contribution >= 4 is 12.0 Å². The molecule has 0 unspecified atom stereocenters. The van der Waals surface area contributed by atoms with Crippen molar-refractivity contribution in [1.29, 1.82) is 0 Å². The summed E-state index contributed by atoms with van der Waals surface area (Å²) < 4.78 is 37.9. The lowest BCUT2D eigenvalue weighted by molar-refractivity contribution is -0.399. The normalized spacial score (nSPS) is 40.9. The number of hydrogen-bond donors (Lipinski definition) is 11. The molecule has 3 heterocycles. The van der Waals surface area contributed by atoms with Gasteiger partial charge in [-0.15, -0.1) is 0 Å². The summed E-state index contributed by atoms with van der Waals surface area (Å²) in [4.78, 5) is 12.8. The Bertz CT molecular complexity index is 1210. The minimum absolute atomic E-state index is 0.116. The third-order valence-electron chi connectivity index (χ3n) is 8.01. The zero-order valence-electron chi connectivity index (χ0n) is 24.9. The van der Waals surface area contributed by atoms with E-state index in [4.69, 9.17) is 33.2 Å². The molecule has 0 radical (unpaired) electrons. The van der Waals surface area contributed by atoms with Crippen LogP contribution in [0.1, 0.15) is 5.56 Å². The second-order valence-electron chi connectivity index (χ2n) is 11.0. The summed E-state index contributed by atoms with van der Waals surface area (Å²) in [6, 6.07) is 4.18. The monoisotopic (exact) mass is 680 g/mol. The van der Waals surface area contributed by atoms with E-state index >= 15 is 0 Å². The number of ether oxygens (including phenoxy) is 7. The van der Waals surface area contributed by atoms with Crippen molar-refractivity contribution in [3.05, 3.63) is 29.8 Å². The van der Waals surface area contributed by atoms with Crippen LogP contribution in [-0.4, -0.2) is 181 Å². The average molecular weight is 681 g/mol. The fourth-order valence-electron chi connectivity index (χ4n) is 5.38. The Morgan fingerprint density at radius 2 is 1.47 bits per heavy atom. The van der Waals surface area contributed by atoms with E-state index in [1.165, 1.54) is 31.4 Å². The number of carbonyl (C=O) groups excluding carboxylic acids is 1. The molecule has 0 saturated carbocycles. The van der Waals surface area contributed by atoms with Crippen LogP contribution in [0.4, 0.5) is 0 Å². The lowest BCUT2D eigenvalue weighted by Gasteiger charge is -2.47. The number of phenols is 1. The third kappa shape index (κ3) is 7.69. The molecule has 0 spiro atoms. The predicted octanol–water partition coefficient (Wildman–Crippen LogP) is -5.59. The number of aliphatic hydroxyl groups excluding tert-OH is 10. The van der Waals surface area contributed by atoms with E-state index in [1.807, 2.05) is 0 Å². The summed E-state index contributed by atoms with van der Waals surface area (Å²) in [7, 11) is 1.32. The molecule has 47 heavy (non-hydrogen) atoms. The van der Waals surface area contributed by atoms with E-state index in [0.29, 0.717) is 5.56 Å². The first-order valence-corrected chi connectivity index (χ1v) is 14.4. The maximum atomic E-state index is 12.8. The average Bonchev–Trinajstić information content (AvgIpc) is 3.33. The highest BCUT2D eigenvalue weighted by atomic mass is 16.8. The lowest BCUT2D eigenvalue weighted by atomic mass is 9.96. The molecule has 3 aliphatic rings. The molecule has 1 aromatic carbocycles. The Balaban J connectivity index is 1.56. The highest BCUT2D eigenvalue weighted by molar-refractivity contribution is 5.87. The quantitative estimate of drug-likeness (QED) is 0.0724. The molecule has 0 amide bonds. The fraction of sp³-hybridized carbons (Fsp3) is 0.679. The molecule has 0 bridgehead atoms. The number of carbonyl (C=O) groups is 1. The first kappa shape index (κ1) is 37.3. The van der Waals surface area contributed by atoms with Crippen molar-refractivity contribution < 1.29 is 94.1 Å². The van der Waals surface area contributed by atoms with Crippen LogP contribution in [0.15, 0.2) is 24.3 Å². The van der Waals surface area contributed by atoms with Gasteiger partial charge in [0.25, 0.3) is 0 Å². The number of hydrogen-bond acceptors (Lipinski definition) is 19. The Morgan fingerprint density at radius 1 is 0.830 bits per heavy atom. The van der Waals surface area contributed by atoms with Gasteiger partial charge in [0.15, 0.2) is 30.2 Å². The van der Waals surface area contributed by atoms with Crippen molar-refractivity contribution in [2.75, 3.05) is 33.5 Å². The van der Waals surface area contributed by atoms with Gasteiger partial charge in [-0.2, -0.15) is 0 Å². The highest BCUT2D eigenvalue weighted by Gasteiger charge is 2.61. The SMILES string of the molecule is COc1cc(/C=C/C(=O)O[C@H]2[C@H](O)[C@@H](CO)O[C@@]2(CO)O[C@H]2O[C@H](CO)[C@@H](O)[C@H](O[C@@H]3O[C@H](CO)[C@@H](O)[C@H](O)[C@H]3O)[C@H]2O)ccc1O. The molecule has 0 aromatic heterocycles. The summed E-state index contributed by atoms with van der Waals surface area (Å²) in [6.45, 7) is -3.73. The minimum atomic E-state index is -2.53. The topological polar surface area (TPSA) is 304 Å². The summed E-state index contributed by atoms with van der Waals surface area (Å²) in [5.41, 5.74) is 0.399. The highest BCUT2D eigenvalue weighted by Crippen LogP contribution is 2.39. The van der Waals surface area contributed by atoms with Gasteiger partial charge in [-0.1, -0.05) is 6.07 Å². The zero-order valence-corrected chi connectivity index (χ0v) is 24.9. The van der Waals surface area contributed by atoms with E-state index in [-0.39, 0.29) is 11.5 Å². The smallest absolute Gasteiger partial charge is 0.331 e. The maximum absolute atomic E-state index is 12.8. The Hall–Kier alpha value is -2.57.